The SMILES string of the molecule is CCOCCCS(=O)(=O)N(C)c1nc2ccccc2s1. The maximum atomic E-state index is 12.2. The number of anilines is 1. The Labute approximate surface area is 123 Å². The van der Waals surface area contributed by atoms with Crippen molar-refractivity contribution in [3.05, 3.63) is 24.3 Å². The Hall–Kier alpha value is -1.18. The van der Waals surface area contributed by atoms with E-state index in [-0.39, 0.29) is 5.75 Å². The molecule has 2 aromatic rings. The van der Waals surface area contributed by atoms with Crippen molar-refractivity contribution in [2.24, 2.45) is 0 Å². The van der Waals surface area contributed by atoms with Crippen LogP contribution in [-0.2, 0) is 14.8 Å². The van der Waals surface area contributed by atoms with E-state index < -0.39 is 10.0 Å². The largest absolute Gasteiger partial charge is 0.382 e. The zero-order chi connectivity index (χ0) is 14.6. The Morgan fingerprint density at radius 1 is 1.35 bits per heavy atom. The van der Waals surface area contributed by atoms with Crippen molar-refractivity contribution in [1.82, 2.24) is 4.98 Å². The van der Waals surface area contributed by atoms with Crippen molar-refractivity contribution >= 4 is 36.7 Å². The van der Waals surface area contributed by atoms with E-state index in [1.807, 2.05) is 31.2 Å². The number of benzene rings is 1. The lowest BCUT2D eigenvalue weighted by Gasteiger charge is -2.15. The van der Waals surface area contributed by atoms with E-state index in [0.29, 0.717) is 24.8 Å². The van der Waals surface area contributed by atoms with Gasteiger partial charge in [-0.2, -0.15) is 0 Å². The molecule has 0 aliphatic rings. The summed E-state index contributed by atoms with van der Waals surface area (Å²) in [6, 6.07) is 7.63. The fraction of sp³-hybridized carbons (Fsp3) is 0.462. The monoisotopic (exact) mass is 314 g/mol. The first kappa shape index (κ1) is 15.2. The number of para-hydroxylation sites is 1. The van der Waals surface area contributed by atoms with Crippen LogP contribution in [-0.4, -0.2) is 39.4 Å². The topological polar surface area (TPSA) is 59.5 Å². The molecule has 0 fully saturated rings. The van der Waals surface area contributed by atoms with Crippen LogP contribution in [0, 0.1) is 0 Å². The van der Waals surface area contributed by atoms with Crippen LogP contribution in [0.3, 0.4) is 0 Å². The predicted octanol–water partition coefficient (Wildman–Crippen LogP) is 2.49. The molecule has 0 aliphatic carbocycles. The lowest BCUT2D eigenvalue weighted by Crippen LogP contribution is -2.29. The molecule has 1 aromatic carbocycles. The van der Waals surface area contributed by atoms with Crippen LogP contribution in [0.2, 0.25) is 0 Å². The Balaban J connectivity index is 2.10. The molecule has 110 valence electrons. The quantitative estimate of drug-likeness (QED) is 0.737. The molecule has 0 bridgehead atoms. The summed E-state index contributed by atoms with van der Waals surface area (Å²) < 4.78 is 31.8. The second-order valence-corrected chi connectivity index (χ2v) is 7.43. The summed E-state index contributed by atoms with van der Waals surface area (Å²) in [6.07, 6.45) is 0.491. The highest BCUT2D eigenvalue weighted by Crippen LogP contribution is 2.29. The molecule has 0 N–H and O–H groups in total. The van der Waals surface area contributed by atoms with E-state index in [1.165, 1.54) is 15.6 Å². The predicted molar refractivity (Wildman–Crippen MR) is 82.9 cm³/mol. The number of hydrogen-bond donors (Lipinski definition) is 0. The van der Waals surface area contributed by atoms with E-state index >= 15 is 0 Å². The molecular weight excluding hydrogens is 296 g/mol. The van der Waals surface area contributed by atoms with Gasteiger partial charge in [-0.3, -0.25) is 0 Å². The molecule has 5 nitrogen and oxygen atoms in total. The molecule has 7 heteroatoms. The van der Waals surface area contributed by atoms with Crippen LogP contribution in [0.1, 0.15) is 13.3 Å². The number of aromatic nitrogens is 1. The first-order valence-corrected chi connectivity index (χ1v) is 8.87. The molecule has 2 rings (SSSR count). The van der Waals surface area contributed by atoms with Gasteiger partial charge in [0.2, 0.25) is 10.0 Å². The van der Waals surface area contributed by atoms with Crippen molar-refractivity contribution in [2.45, 2.75) is 13.3 Å². The summed E-state index contributed by atoms with van der Waals surface area (Å²) in [5, 5.41) is 0.502. The molecule has 0 radical (unpaired) electrons. The van der Waals surface area contributed by atoms with Crippen LogP contribution >= 0.6 is 11.3 Å². The van der Waals surface area contributed by atoms with Gasteiger partial charge in [0, 0.05) is 20.3 Å². The summed E-state index contributed by atoms with van der Waals surface area (Å²) >= 11 is 1.38. The molecule has 1 heterocycles. The van der Waals surface area contributed by atoms with Gasteiger partial charge in [0.1, 0.15) is 0 Å². The highest BCUT2D eigenvalue weighted by atomic mass is 32.2. The lowest BCUT2D eigenvalue weighted by molar-refractivity contribution is 0.148. The minimum atomic E-state index is -3.34. The van der Waals surface area contributed by atoms with E-state index in [1.54, 1.807) is 7.05 Å². The summed E-state index contributed by atoms with van der Waals surface area (Å²) in [4.78, 5) is 4.36. The van der Waals surface area contributed by atoms with E-state index in [0.717, 1.165) is 10.2 Å². The first-order chi connectivity index (χ1) is 9.54. The Morgan fingerprint density at radius 2 is 2.10 bits per heavy atom. The third-order valence-electron chi connectivity index (χ3n) is 2.86. The van der Waals surface area contributed by atoms with Crippen LogP contribution in [0.15, 0.2) is 24.3 Å². The van der Waals surface area contributed by atoms with Crippen molar-refractivity contribution in [3.63, 3.8) is 0 Å². The molecule has 0 atom stereocenters. The third kappa shape index (κ3) is 3.47. The molecule has 0 spiro atoms. The van der Waals surface area contributed by atoms with Gasteiger partial charge < -0.3 is 4.74 Å². The average molecular weight is 314 g/mol. The van der Waals surface area contributed by atoms with Crippen LogP contribution in [0.25, 0.3) is 10.2 Å². The number of nitrogens with zero attached hydrogens (tertiary/aromatic N) is 2. The molecule has 0 unspecified atom stereocenters. The first-order valence-electron chi connectivity index (χ1n) is 6.44. The second-order valence-electron chi connectivity index (χ2n) is 4.30. The Morgan fingerprint density at radius 3 is 2.80 bits per heavy atom. The molecule has 0 saturated heterocycles. The molecule has 1 aromatic heterocycles. The van der Waals surface area contributed by atoms with E-state index in [4.69, 9.17) is 4.74 Å². The minimum Gasteiger partial charge on any atom is -0.382 e. The van der Waals surface area contributed by atoms with Crippen molar-refractivity contribution in [3.8, 4) is 0 Å². The minimum absolute atomic E-state index is 0.0689. The molecular formula is C13H18N2O3S2. The summed E-state index contributed by atoms with van der Waals surface area (Å²) in [6.45, 7) is 2.96. The van der Waals surface area contributed by atoms with Gasteiger partial charge in [0.05, 0.1) is 16.0 Å². The second kappa shape index (κ2) is 6.51. The maximum absolute atomic E-state index is 12.2. The smallest absolute Gasteiger partial charge is 0.236 e. The van der Waals surface area contributed by atoms with Gasteiger partial charge in [-0.25, -0.2) is 17.7 Å². The van der Waals surface area contributed by atoms with Gasteiger partial charge in [-0.05, 0) is 25.5 Å². The molecule has 20 heavy (non-hydrogen) atoms. The van der Waals surface area contributed by atoms with Crippen molar-refractivity contribution in [1.29, 1.82) is 0 Å². The molecule has 0 saturated carbocycles. The fourth-order valence-corrected chi connectivity index (χ4v) is 4.06. The zero-order valence-corrected chi connectivity index (χ0v) is 13.2. The van der Waals surface area contributed by atoms with Crippen LogP contribution in [0.4, 0.5) is 5.13 Å². The maximum Gasteiger partial charge on any atom is 0.236 e. The Kier molecular flexibility index (Phi) is 4.95. The molecule has 0 amide bonds. The highest BCUT2D eigenvalue weighted by molar-refractivity contribution is 7.92. The van der Waals surface area contributed by atoms with Crippen molar-refractivity contribution < 1.29 is 13.2 Å². The van der Waals surface area contributed by atoms with Gasteiger partial charge in [0.15, 0.2) is 5.13 Å². The third-order valence-corrected chi connectivity index (χ3v) is 5.90. The van der Waals surface area contributed by atoms with Crippen molar-refractivity contribution in [2.75, 3.05) is 30.3 Å². The lowest BCUT2D eigenvalue weighted by atomic mass is 10.3. The van der Waals surface area contributed by atoms with E-state index in [9.17, 15) is 8.42 Å². The zero-order valence-electron chi connectivity index (χ0n) is 11.6. The number of rotatable bonds is 7. The number of ether oxygens (including phenoxy) is 1. The summed E-state index contributed by atoms with van der Waals surface area (Å²) in [7, 11) is -1.79. The molecule has 0 aliphatic heterocycles. The summed E-state index contributed by atoms with van der Waals surface area (Å²) in [5.74, 6) is 0.0689. The normalized spacial score (nSPS) is 11.9. The average Bonchev–Trinajstić information content (AvgIpc) is 2.86. The van der Waals surface area contributed by atoms with Crippen LogP contribution in [0.5, 0.6) is 0 Å². The number of sulfonamides is 1. The van der Waals surface area contributed by atoms with Gasteiger partial charge in [-0.15, -0.1) is 0 Å². The standard InChI is InChI=1S/C13H18N2O3S2/c1-3-18-9-6-10-20(16,17)15(2)13-14-11-7-4-5-8-12(11)19-13/h4-5,7-8H,3,6,9-10H2,1-2H3. The van der Waals surface area contributed by atoms with Gasteiger partial charge in [-0.1, -0.05) is 23.5 Å². The Bertz CT molecular complexity index is 634. The van der Waals surface area contributed by atoms with E-state index in [2.05, 4.69) is 4.98 Å². The number of thiazole rings is 1. The number of fused-ring (bicyclic) bond motifs is 1. The van der Waals surface area contributed by atoms with Gasteiger partial charge in [0.25, 0.3) is 0 Å². The highest BCUT2D eigenvalue weighted by Gasteiger charge is 2.21. The summed E-state index contributed by atoms with van der Waals surface area (Å²) in [5.41, 5.74) is 0.823. The van der Waals surface area contributed by atoms with Gasteiger partial charge >= 0.3 is 0 Å². The fourth-order valence-electron chi connectivity index (χ4n) is 1.74. The van der Waals surface area contributed by atoms with Crippen LogP contribution < -0.4 is 4.31 Å². The number of hydrogen-bond acceptors (Lipinski definition) is 5.